The van der Waals surface area contributed by atoms with Crippen molar-refractivity contribution in [2.24, 2.45) is 22.2 Å². The molecule has 2 aromatic carbocycles. The van der Waals surface area contributed by atoms with Gasteiger partial charge in [0, 0.05) is 25.1 Å². The molecule has 1 amide bonds. The molecule has 2 heterocycles. The minimum Gasteiger partial charge on any atom is -0.493 e. The Balaban J connectivity index is 0.952. The number of aliphatic imine (C=N–C) groups is 1. The van der Waals surface area contributed by atoms with Crippen molar-refractivity contribution in [1.82, 2.24) is 4.90 Å². The summed E-state index contributed by atoms with van der Waals surface area (Å²) in [6.45, 7) is 3.36. The standard InChI is InChI=1S/C34H41FN2O5/c1-34-11-10-25-24-7-5-23(14-20(24)4-6-26(25)28(34)8-9-32(34)38)41-12-3-13-42-31-17-29-27(16-30(31)40-2)33(39)37-19-21(35)15-22(37)18-36-29/h5,7,14,16-18,21-22,25-26,28,32,38H,3-4,6,8-13,15,19H2,1-2H3/t21-,22+,25-,26-,28+,32+,34+/m1/s1. The third kappa shape index (κ3) is 4.66. The first-order valence-electron chi connectivity index (χ1n) is 15.6. The molecule has 2 saturated carbocycles. The maximum absolute atomic E-state index is 13.9. The van der Waals surface area contributed by atoms with Gasteiger partial charge in [0.05, 0.1) is 50.3 Å². The van der Waals surface area contributed by atoms with E-state index in [-0.39, 0.29) is 36.4 Å². The van der Waals surface area contributed by atoms with Gasteiger partial charge in [0.15, 0.2) is 11.5 Å². The summed E-state index contributed by atoms with van der Waals surface area (Å²) in [4.78, 5) is 19.1. The predicted molar refractivity (Wildman–Crippen MR) is 158 cm³/mol. The number of aliphatic hydroxyl groups excluding tert-OH is 1. The molecule has 0 radical (unpaired) electrons. The number of hydrogen-bond donors (Lipinski definition) is 1. The Morgan fingerprint density at radius 3 is 2.81 bits per heavy atom. The summed E-state index contributed by atoms with van der Waals surface area (Å²) in [5.74, 6) is 3.58. The van der Waals surface area contributed by atoms with E-state index in [2.05, 4.69) is 30.1 Å². The molecule has 0 bridgehead atoms. The van der Waals surface area contributed by atoms with Gasteiger partial charge in [-0.15, -0.1) is 0 Å². The van der Waals surface area contributed by atoms with Crippen molar-refractivity contribution >= 4 is 17.8 Å². The number of rotatable bonds is 7. The molecule has 5 aliphatic rings. The zero-order valence-electron chi connectivity index (χ0n) is 24.6. The zero-order valence-corrected chi connectivity index (χ0v) is 24.6. The molecule has 0 aromatic heterocycles. The zero-order chi connectivity index (χ0) is 29.0. The molecule has 7 atom stereocenters. The number of halogens is 1. The average molecular weight is 577 g/mol. The van der Waals surface area contributed by atoms with Crippen LogP contribution in [0.2, 0.25) is 0 Å². The van der Waals surface area contributed by atoms with Crippen LogP contribution >= 0.6 is 0 Å². The predicted octanol–water partition coefficient (Wildman–Crippen LogP) is 6.03. The van der Waals surface area contributed by atoms with Crippen LogP contribution in [-0.4, -0.2) is 67.3 Å². The van der Waals surface area contributed by atoms with Crippen LogP contribution in [0.5, 0.6) is 17.2 Å². The normalized spacial score (nSPS) is 32.8. The summed E-state index contributed by atoms with van der Waals surface area (Å²) < 4.78 is 31.6. The molecule has 7 nitrogen and oxygen atoms in total. The Labute approximate surface area is 247 Å². The molecular weight excluding hydrogens is 535 g/mol. The molecule has 224 valence electrons. The molecule has 2 aromatic rings. The van der Waals surface area contributed by atoms with Gasteiger partial charge < -0.3 is 24.2 Å². The lowest BCUT2D eigenvalue weighted by atomic mass is 9.55. The van der Waals surface area contributed by atoms with Crippen LogP contribution in [0.3, 0.4) is 0 Å². The summed E-state index contributed by atoms with van der Waals surface area (Å²) >= 11 is 0. The number of aryl methyl sites for hydroxylation is 1. The minimum atomic E-state index is -1.02. The van der Waals surface area contributed by atoms with Crippen molar-refractivity contribution in [1.29, 1.82) is 0 Å². The molecule has 1 saturated heterocycles. The Morgan fingerprint density at radius 1 is 1.10 bits per heavy atom. The van der Waals surface area contributed by atoms with Crippen molar-refractivity contribution in [2.75, 3.05) is 26.9 Å². The summed E-state index contributed by atoms with van der Waals surface area (Å²) in [6, 6.07) is 9.68. The van der Waals surface area contributed by atoms with Crippen LogP contribution in [0, 0.1) is 17.3 Å². The number of ether oxygens (including phenoxy) is 3. The number of aliphatic hydroxyl groups is 1. The maximum Gasteiger partial charge on any atom is 0.256 e. The topological polar surface area (TPSA) is 80.6 Å². The third-order valence-corrected chi connectivity index (χ3v) is 10.9. The van der Waals surface area contributed by atoms with Gasteiger partial charge in [0.2, 0.25) is 0 Å². The molecule has 0 spiro atoms. The second-order valence-corrected chi connectivity index (χ2v) is 13.1. The summed E-state index contributed by atoms with van der Waals surface area (Å²) in [7, 11) is 1.54. The monoisotopic (exact) mass is 576 g/mol. The SMILES string of the molecule is COc1cc2c(cc1OCCCOc1ccc3c(c1)CC[C@@H]1[C@@H]3CC[C@]3(C)[C@@H](O)CC[C@@H]13)N=C[C@@H]1C[C@@H](F)CN1C2=O. The van der Waals surface area contributed by atoms with Crippen molar-refractivity contribution < 1.29 is 28.5 Å². The Hall–Kier alpha value is -3.13. The molecule has 3 aliphatic carbocycles. The van der Waals surface area contributed by atoms with E-state index in [9.17, 15) is 14.3 Å². The quantitative estimate of drug-likeness (QED) is 0.407. The second-order valence-electron chi connectivity index (χ2n) is 13.1. The van der Waals surface area contributed by atoms with E-state index >= 15 is 0 Å². The molecule has 1 N–H and O–H groups in total. The maximum atomic E-state index is 13.9. The summed E-state index contributed by atoms with van der Waals surface area (Å²) in [5.41, 5.74) is 3.93. The van der Waals surface area contributed by atoms with Crippen molar-refractivity contribution in [3.63, 3.8) is 0 Å². The lowest BCUT2D eigenvalue weighted by Gasteiger charge is -2.50. The molecule has 0 unspecified atom stereocenters. The number of alkyl halides is 1. The van der Waals surface area contributed by atoms with Crippen molar-refractivity contribution in [3.8, 4) is 17.2 Å². The van der Waals surface area contributed by atoms with Gasteiger partial charge in [-0.05, 0) is 91.0 Å². The number of carbonyl (C=O) groups excluding carboxylic acids is 1. The lowest BCUT2D eigenvalue weighted by molar-refractivity contribution is -0.0226. The van der Waals surface area contributed by atoms with Crippen LogP contribution < -0.4 is 14.2 Å². The van der Waals surface area contributed by atoms with E-state index in [1.54, 1.807) is 30.4 Å². The molecule has 8 heteroatoms. The number of benzene rings is 2. The van der Waals surface area contributed by atoms with Crippen LogP contribution in [0.4, 0.5) is 10.1 Å². The molecule has 7 rings (SSSR count). The highest BCUT2D eigenvalue weighted by atomic mass is 19.1. The van der Waals surface area contributed by atoms with Gasteiger partial charge in [-0.2, -0.15) is 0 Å². The molecule has 2 aliphatic heterocycles. The number of amides is 1. The van der Waals surface area contributed by atoms with Crippen molar-refractivity contribution in [2.45, 2.75) is 82.5 Å². The summed E-state index contributed by atoms with van der Waals surface area (Å²) in [6.07, 6.45) is 8.16. The fourth-order valence-corrected chi connectivity index (χ4v) is 8.66. The number of carbonyl (C=O) groups is 1. The highest BCUT2D eigenvalue weighted by Crippen LogP contribution is 2.61. The Morgan fingerprint density at radius 2 is 1.95 bits per heavy atom. The molecular formula is C34H41FN2O5. The van der Waals surface area contributed by atoms with Gasteiger partial charge >= 0.3 is 0 Å². The number of methoxy groups -OCH3 is 1. The Bertz CT molecular complexity index is 1400. The third-order valence-electron chi connectivity index (χ3n) is 10.9. The molecule has 42 heavy (non-hydrogen) atoms. The van der Waals surface area contributed by atoms with E-state index in [4.69, 9.17) is 14.2 Å². The van der Waals surface area contributed by atoms with Gasteiger partial charge in [0.25, 0.3) is 5.91 Å². The van der Waals surface area contributed by atoms with Crippen LogP contribution in [-0.2, 0) is 6.42 Å². The first kappa shape index (κ1) is 27.7. The highest BCUT2D eigenvalue weighted by molar-refractivity contribution is 6.03. The number of fused-ring (bicyclic) bond motifs is 7. The van der Waals surface area contributed by atoms with E-state index in [1.807, 2.05) is 0 Å². The van der Waals surface area contributed by atoms with Crippen molar-refractivity contribution in [3.05, 3.63) is 47.0 Å². The minimum absolute atomic E-state index is 0.0891. The van der Waals surface area contributed by atoms with Crippen LogP contribution in [0.1, 0.15) is 79.3 Å². The van der Waals surface area contributed by atoms with Crippen LogP contribution in [0.25, 0.3) is 0 Å². The average Bonchev–Trinajstić information content (AvgIpc) is 3.49. The Kier molecular flexibility index (Phi) is 7.16. The number of hydrogen-bond acceptors (Lipinski definition) is 6. The van der Waals surface area contributed by atoms with Crippen LogP contribution in [0.15, 0.2) is 35.3 Å². The highest BCUT2D eigenvalue weighted by Gasteiger charge is 2.54. The van der Waals surface area contributed by atoms with Gasteiger partial charge in [-0.3, -0.25) is 9.79 Å². The van der Waals surface area contributed by atoms with E-state index in [0.29, 0.717) is 60.1 Å². The lowest BCUT2D eigenvalue weighted by Crippen LogP contribution is -2.43. The summed E-state index contributed by atoms with van der Waals surface area (Å²) in [5, 5.41) is 10.7. The fourth-order valence-electron chi connectivity index (χ4n) is 8.66. The second kappa shape index (κ2) is 10.9. The van der Waals surface area contributed by atoms with E-state index in [1.165, 1.54) is 30.4 Å². The number of nitrogens with zero attached hydrogens (tertiary/aromatic N) is 2. The van der Waals surface area contributed by atoms with Gasteiger partial charge in [-0.25, -0.2) is 4.39 Å². The first-order valence-corrected chi connectivity index (χ1v) is 15.6. The largest absolute Gasteiger partial charge is 0.493 e. The first-order chi connectivity index (χ1) is 20.4. The van der Waals surface area contributed by atoms with E-state index in [0.717, 1.165) is 25.0 Å². The van der Waals surface area contributed by atoms with E-state index < -0.39 is 6.17 Å². The van der Waals surface area contributed by atoms with Gasteiger partial charge in [0.1, 0.15) is 11.9 Å². The van der Waals surface area contributed by atoms with Gasteiger partial charge in [-0.1, -0.05) is 13.0 Å². The smallest absolute Gasteiger partial charge is 0.256 e. The fraction of sp³-hybridized carbons (Fsp3) is 0.588. The molecule has 3 fully saturated rings.